The minimum atomic E-state index is -0.455. The van der Waals surface area contributed by atoms with Crippen LogP contribution in [0.25, 0.3) is 0 Å². The zero-order valence-corrected chi connectivity index (χ0v) is 14.4. The van der Waals surface area contributed by atoms with Crippen LogP contribution in [0.5, 0.6) is 5.75 Å². The van der Waals surface area contributed by atoms with E-state index >= 15 is 0 Å². The van der Waals surface area contributed by atoms with Crippen molar-refractivity contribution >= 4 is 6.03 Å². The van der Waals surface area contributed by atoms with Crippen molar-refractivity contribution in [2.45, 2.75) is 19.4 Å². The highest BCUT2D eigenvalue weighted by molar-refractivity contribution is 5.73. The molecule has 0 aromatic heterocycles. The first kappa shape index (κ1) is 18.7. The number of hydrogen-bond donors (Lipinski definition) is 1. The van der Waals surface area contributed by atoms with Gasteiger partial charge in [-0.15, -0.1) is 0 Å². The van der Waals surface area contributed by atoms with Gasteiger partial charge in [0.15, 0.2) is 11.6 Å². The van der Waals surface area contributed by atoms with E-state index in [9.17, 15) is 13.6 Å². The van der Waals surface area contributed by atoms with E-state index in [0.717, 1.165) is 5.56 Å². The van der Waals surface area contributed by atoms with E-state index in [2.05, 4.69) is 5.32 Å². The van der Waals surface area contributed by atoms with Crippen molar-refractivity contribution in [1.29, 1.82) is 0 Å². The van der Waals surface area contributed by atoms with Crippen LogP contribution in [0.1, 0.15) is 17.5 Å². The van der Waals surface area contributed by atoms with Crippen LogP contribution in [0.2, 0.25) is 0 Å². The Labute approximate surface area is 146 Å². The number of methoxy groups -OCH3 is 1. The Bertz CT molecular complexity index is 722. The largest absolute Gasteiger partial charge is 0.494 e. The minimum absolute atomic E-state index is 0.174. The predicted molar refractivity (Wildman–Crippen MR) is 92.5 cm³/mol. The van der Waals surface area contributed by atoms with E-state index in [-0.39, 0.29) is 24.1 Å². The smallest absolute Gasteiger partial charge is 0.317 e. The number of hydrogen-bond acceptors (Lipinski definition) is 2. The Morgan fingerprint density at radius 2 is 1.96 bits per heavy atom. The molecule has 0 unspecified atom stereocenters. The highest BCUT2D eigenvalue weighted by Crippen LogP contribution is 2.18. The first-order chi connectivity index (χ1) is 12.0. The van der Waals surface area contributed by atoms with Crippen molar-refractivity contribution < 1.29 is 18.3 Å². The fraction of sp³-hybridized carbons (Fsp3) is 0.316. The Balaban J connectivity index is 1.75. The van der Waals surface area contributed by atoms with E-state index in [1.807, 2.05) is 6.07 Å². The summed E-state index contributed by atoms with van der Waals surface area (Å²) in [5.41, 5.74) is 1.58. The van der Waals surface area contributed by atoms with Crippen molar-refractivity contribution in [2.75, 3.05) is 20.7 Å². The lowest BCUT2D eigenvalue weighted by Crippen LogP contribution is -2.37. The summed E-state index contributed by atoms with van der Waals surface area (Å²) in [6, 6.07) is 10.8. The van der Waals surface area contributed by atoms with Gasteiger partial charge in [-0.1, -0.05) is 18.2 Å². The number of nitrogens with one attached hydrogen (secondary N) is 1. The molecule has 2 amide bonds. The van der Waals surface area contributed by atoms with Crippen LogP contribution in [-0.2, 0) is 13.0 Å². The van der Waals surface area contributed by atoms with Gasteiger partial charge in [-0.3, -0.25) is 0 Å². The second kappa shape index (κ2) is 9.01. The van der Waals surface area contributed by atoms with Crippen LogP contribution in [0.3, 0.4) is 0 Å². The van der Waals surface area contributed by atoms with Gasteiger partial charge in [0, 0.05) is 20.1 Å². The Morgan fingerprint density at radius 3 is 2.64 bits per heavy atom. The molecule has 25 heavy (non-hydrogen) atoms. The predicted octanol–water partition coefficient (Wildman–Crippen LogP) is 3.75. The van der Waals surface area contributed by atoms with Crippen LogP contribution in [0, 0.1) is 11.6 Å². The van der Waals surface area contributed by atoms with Gasteiger partial charge >= 0.3 is 6.03 Å². The monoisotopic (exact) mass is 348 g/mol. The second-order valence-electron chi connectivity index (χ2n) is 5.79. The van der Waals surface area contributed by atoms with E-state index < -0.39 is 5.82 Å². The maximum Gasteiger partial charge on any atom is 0.317 e. The SMILES string of the molecule is COc1ccc(CN(C)C(=O)NCCCc2cccc(F)c2)cc1F. The third-order valence-corrected chi connectivity index (χ3v) is 3.79. The van der Waals surface area contributed by atoms with Crippen molar-refractivity contribution in [3.63, 3.8) is 0 Å². The molecule has 0 aliphatic rings. The van der Waals surface area contributed by atoms with Crippen molar-refractivity contribution in [1.82, 2.24) is 10.2 Å². The molecule has 2 aromatic rings. The summed E-state index contributed by atoms with van der Waals surface area (Å²) < 4.78 is 31.6. The molecule has 0 saturated carbocycles. The number of ether oxygens (including phenoxy) is 1. The molecule has 0 aliphatic heterocycles. The molecule has 0 aliphatic carbocycles. The molecule has 134 valence electrons. The molecule has 0 bridgehead atoms. The topological polar surface area (TPSA) is 41.6 Å². The summed E-state index contributed by atoms with van der Waals surface area (Å²) in [7, 11) is 3.05. The molecule has 0 radical (unpaired) electrons. The average molecular weight is 348 g/mol. The third-order valence-electron chi connectivity index (χ3n) is 3.79. The van der Waals surface area contributed by atoms with Crippen molar-refractivity contribution in [3.05, 3.63) is 65.2 Å². The summed E-state index contributed by atoms with van der Waals surface area (Å²) >= 11 is 0. The number of aryl methyl sites for hydroxylation is 1. The van der Waals surface area contributed by atoms with E-state index in [4.69, 9.17) is 4.74 Å². The maximum absolute atomic E-state index is 13.7. The van der Waals surface area contributed by atoms with Crippen LogP contribution >= 0.6 is 0 Å². The van der Waals surface area contributed by atoms with Gasteiger partial charge in [0.05, 0.1) is 7.11 Å². The van der Waals surface area contributed by atoms with E-state index in [0.29, 0.717) is 24.9 Å². The van der Waals surface area contributed by atoms with Gasteiger partial charge in [-0.2, -0.15) is 0 Å². The summed E-state index contributed by atoms with van der Waals surface area (Å²) in [5, 5.41) is 2.80. The third kappa shape index (κ3) is 5.74. The fourth-order valence-electron chi connectivity index (χ4n) is 2.47. The Hall–Kier alpha value is -2.63. The van der Waals surface area contributed by atoms with Crippen LogP contribution in [-0.4, -0.2) is 31.6 Å². The molecular weight excluding hydrogens is 326 g/mol. The molecular formula is C19H22F2N2O2. The zero-order chi connectivity index (χ0) is 18.2. The normalized spacial score (nSPS) is 10.4. The van der Waals surface area contributed by atoms with Crippen molar-refractivity contribution in [2.24, 2.45) is 0 Å². The molecule has 0 fully saturated rings. The number of carbonyl (C=O) groups excluding carboxylic acids is 1. The molecule has 4 nitrogen and oxygen atoms in total. The molecule has 2 aromatic carbocycles. The average Bonchev–Trinajstić information content (AvgIpc) is 2.58. The molecule has 1 N–H and O–H groups in total. The first-order valence-electron chi connectivity index (χ1n) is 8.05. The highest BCUT2D eigenvalue weighted by atomic mass is 19.1. The van der Waals surface area contributed by atoms with Gasteiger partial charge in [0.1, 0.15) is 5.82 Å². The molecule has 0 atom stereocenters. The molecule has 0 heterocycles. The molecule has 2 rings (SSSR count). The van der Waals surface area contributed by atoms with E-state index in [1.165, 1.54) is 36.3 Å². The highest BCUT2D eigenvalue weighted by Gasteiger charge is 2.10. The van der Waals surface area contributed by atoms with Crippen LogP contribution in [0.4, 0.5) is 13.6 Å². The molecule has 0 saturated heterocycles. The number of nitrogens with zero attached hydrogens (tertiary/aromatic N) is 1. The van der Waals surface area contributed by atoms with Gasteiger partial charge < -0.3 is 15.0 Å². The number of carbonyl (C=O) groups is 1. The molecule has 0 spiro atoms. The number of halogens is 2. The lowest BCUT2D eigenvalue weighted by Gasteiger charge is -2.18. The summed E-state index contributed by atoms with van der Waals surface area (Å²) in [6.07, 6.45) is 1.39. The lowest BCUT2D eigenvalue weighted by atomic mass is 10.1. The minimum Gasteiger partial charge on any atom is -0.494 e. The quantitative estimate of drug-likeness (QED) is 0.775. The van der Waals surface area contributed by atoms with E-state index in [1.54, 1.807) is 19.2 Å². The summed E-state index contributed by atoms with van der Waals surface area (Å²) in [5.74, 6) is -0.537. The second-order valence-corrected chi connectivity index (χ2v) is 5.79. The Morgan fingerprint density at radius 1 is 1.16 bits per heavy atom. The van der Waals surface area contributed by atoms with Crippen molar-refractivity contribution in [3.8, 4) is 5.75 Å². The number of amides is 2. The molecule has 6 heteroatoms. The maximum atomic E-state index is 13.7. The van der Waals surface area contributed by atoms with Crippen LogP contribution in [0.15, 0.2) is 42.5 Å². The van der Waals surface area contributed by atoms with Gasteiger partial charge in [0.25, 0.3) is 0 Å². The number of rotatable bonds is 7. The van der Waals surface area contributed by atoms with Gasteiger partial charge in [0.2, 0.25) is 0 Å². The Kier molecular flexibility index (Phi) is 6.74. The summed E-state index contributed by atoms with van der Waals surface area (Å²) in [6.45, 7) is 0.771. The number of urea groups is 1. The summed E-state index contributed by atoms with van der Waals surface area (Å²) in [4.78, 5) is 13.5. The van der Waals surface area contributed by atoms with Crippen LogP contribution < -0.4 is 10.1 Å². The first-order valence-corrected chi connectivity index (χ1v) is 8.05. The fourth-order valence-corrected chi connectivity index (χ4v) is 2.47. The lowest BCUT2D eigenvalue weighted by molar-refractivity contribution is 0.206. The van der Waals surface area contributed by atoms with Gasteiger partial charge in [-0.05, 0) is 48.2 Å². The number of benzene rings is 2. The zero-order valence-electron chi connectivity index (χ0n) is 14.4. The van der Waals surface area contributed by atoms with Gasteiger partial charge in [-0.25, -0.2) is 13.6 Å². The standard InChI is InChI=1S/C19H22F2N2O2/c1-23(13-15-8-9-18(25-2)17(21)12-15)19(24)22-10-4-6-14-5-3-7-16(20)11-14/h3,5,7-9,11-12H,4,6,10,13H2,1-2H3,(H,22,24).